The highest BCUT2D eigenvalue weighted by molar-refractivity contribution is 5.86. The summed E-state index contributed by atoms with van der Waals surface area (Å²) in [6.45, 7) is 6.96. The first-order valence-electron chi connectivity index (χ1n) is 6.95. The normalized spacial score (nSPS) is 9.89. The van der Waals surface area contributed by atoms with Crippen LogP contribution in [-0.2, 0) is 14.3 Å². The molecule has 0 aromatic rings. The molecule has 4 heteroatoms. The van der Waals surface area contributed by atoms with E-state index in [0.29, 0.717) is 25.2 Å². The molecule has 108 valence electrons. The number of nitriles is 1. The summed E-state index contributed by atoms with van der Waals surface area (Å²) in [4.78, 5) is 11.1. The Hall–Kier alpha value is -1.34. The third kappa shape index (κ3) is 12.9. The Morgan fingerprint density at radius 1 is 1.05 bits per heavy atom. The zero-order valence-electron chi connectivity index (χ0n) is 12.0. The molecular weight excluding hydrogens is 242 g/mol. The minimum Gasteiger partial charge on any atom is -0.462 e. The predicted octanol–water partition coefficient (Wildman–Crippen LogP) is 3.38. The molecule has 0 unspecified atom stereocenters. The van der Waals surface area contributed by atoms with Crippen molar-refractivity contribution in [2.75, 3.05) is 19.8 Å². The Morgan fingerprint density at radius 3 is 2.21 bits per heavy atom. The zero-order chi connectivity index (χ0) is 14.3. The molecule has 0 amide bonds. The number of hydrogen-bond donors (Lipinski definition) is 0. The van der Waals surface area contributed by atoms with Gasteiger partial charge >= 0.3 is 5.97 Å². The minimum atomic E-state index is -0.297. The summed E-state index contributed by atoms with van der Waals surface area (Å²) >= 11 is 0. The molecule has 0 heterocycles. The van der Waals surface area contributed by atoms with Crippen LogP contribution in [0, 0.1) is 11.3 Å². The molecular formula is C15H25NO3. The van der Waals surface area contributed by atoms with Gasteiger partial charge in [0.2, 0.25) is 0 Å². The Kier molecular flexibility index (Phi) is 12.2. The minimum absolute atomic E-state index is 0.297. The van der Waals surface area contributed by atoms with Gasteiger partial charge in [0, 0.05) is 12.2 Å². The number of hydrogen-bond acceptors (Lipinski definition) is 4. The van der Waals surface area contributed by atoms with Crippen LogP contribution in [0.2, 0.25) is 0 Å². The van der Waals surface area contributed by atoms with Gasteiger partial charge in [-0.25, -0.2) is 4.79 Å². The Morgan fingerprint density at radius 2 is 1.63 bits per heavy atom. The second-order valence-corrected chi connectivity index (χ2v) is 4.56. The summed E-state index contributed by atoms with van der Waals surface area (Å²) < 4.78 is 10.3. The SMILES string of the molecule is C=C(C)C(=O)OCCCCCCCCOCCC#N. The summed E-state index contributed by atoms with van der Waals surface area (Å²) in [6, 6.07) is 2.05. The van der Waals surface area contributed by atoms with Crippen LogP contribution in [0.1, 0.15) is 51.9 Å². The highest BCUT2D eigenvalue weighted by Gasteiger charge is 2.01. The molecule has 19 heavy (non-hydrogen) atoms. The standard InChI is InChI=1S/C15H25NO3/c1-14(2)15(17)19-13-8-6-4-3-5-7-11-18-12-9-10-16/h1,3-9,11-13H2,2H3. The molecule has 0 aromatic heterocycles. The summed E-state index contributed by atoms with van der Waals surface area (Å²) in [5, 5.41) is 8.31. The van der Waals surface area contributed by atoms with E-state index in [1.807, 2.05) is 6.07 Å². The Labute approximate surface area is 116 Å². The van der Waals surface area contributed by atoms with Gasteiger partial charge < -0.3 is 9.47 Å². The van der Waals surface area contributed by atoms with Crippen molar-refractivity contribution in [1.29, 1.82) is 5.26 Å². The van der Waals surface area contributed by atoms with Gasteiger partial charge in [-0.3, -0.25) is 0 Å². The van der Waals surface area contributed by atoms with Crippen LogP contribution in [0.4, 0.5) is 0 Å². The fraction of sp³-hybridized carbons (Fsp3) is 0.733. The van der Waals surface area contributed by atoms with Gasteiger partial charge in [-0.1, -0.05) is 32.3 Å². The van der Waals surface area contributed by atoms with E-state index in [1.54, 1.807) is 6.92 Å². The van der Waals surface area contributed by atoms with E-state index in [9.17, 15) is 4.79 Å². The number of carbonyl (C=O) groups excluding carboxylic acids is 1. The summed E-state index contributed by atoms with van der Waals surface area (Å²) in [6.07, 6.45) is 7.01. The highest BCUT2D eigenvalue weighted by atomic mass is 16.5. The topological polar surface area (TPSA) is 59.3 Å². The maximum absolute atomic E-state index is 11.1. The number of rotatable bonds is 12. The van der Waals surface area contributed by atoms with Crippen molar-refractivity contribution < 1.29 is 14.3 Å². The van der Waals surface area contributed by atoms with Gasteiger partial charge in [0.15, 0.2) is 0 Å². The van der Waals surface area contributed by atoms with Crippen molar-refractivity contribution in [1.82, 2.24) is 0 Å². The molecule has 0 saturated carbocycles. The Bertz CT molecular complexity index is 294. The third-order valence-electron chi connectivity index (χ3n) is 2.62. The van der Waals surface area contributed by atoms with Gasteiger partial charge in [-0.2, -0.15) is 5.26 Å². The second kappa shape index (κ2) is 13.1. The van der Waals surface area contributed by atoms with Crippen LogP contribution in [0.25, 0.3) is 0 Å². The average molecular weight is 267 g/mol. The van der Waals surface area contributed by atoms with Crippen molar-refractivity contribution in [3.8, 4) is 6.07 Å². The van der Waals surface area contributed by atoms with E-state index in [0.717, 1.165) is 38.7 Å². The molecule has 0 aliphatic heterocycles. The monoisotopic (exact) mass is 267 g/mol. The first-order chi connectivity index (χ1) is 9.18. The zero-order valence-corrected chi connectivity index (χ0v) is 12.0. The van der Waals surface area contributed by atoms with Gasteiger partial charge in [0.25, 0.3) is 0 Å². The third-order valence-corrected chi connectivity index (χ3v) is 2.62. The first kappa shape index (κ1) is 17.7. The molecule has 0 saturated heterocycles. The largest absolute Gasteiger partial charge is 0.462 e. The first-order valence-corrected chi connectivity index (χ1v) is 6.95. The van der Waals surface area contributed by atoms with Crippen LogP contribution in [-0.4, -0.2) is 25.8 Å². The molecule has 0 N–H and O–H groups in total. The molecule has 0 spiro atoms. The maximum atomic E-state index is 11.1. The summed E-state index contributed by atoms with van der Waals surface area (Å²) in [5.41, 5.74) is 0.455. The van der Waals surface area contributed by atoms with Crippen LogP contribution in [0.3, 0.4) is 0 Å². The lowest BCUT2D eigenvalue weighted by Crippen LogP contribution is -2.06. The molecule has 0 aliphatic rings. The van der Waals surface area contributed by atoms with Crippen LogP contribution < -0.4 is 0 Å². The smallest absolute Gasteiger partial charge is 0.333 e. The number of ether oxygens (including phenoxy) is 2. The van der Waals surface area contributed by atoms with E-state index in [4.69, 9.17) is 14.7 Å². The molecule has 0 bridgehead atoms. The predicted molar refractivity (Wildman–Crippen MR) is 74.5 cm³/mol. The molecule has 0 atom stereocenters. The highest BCUT2D eigenvalue weighted by Crippen LogP contribution is 2.06. The van der Waals surface area contributed by atoms with Gasteiger partial charge in [-0.05, 0) is 19.8 Å². The Balaban J connectivity index is 3.09. The lowest BCUT2D eigenvalue weighted by atomic mass is 10.1. The second-order valence-electron chi connectivity index (χ2n) is 4.56. The lowest BCUT2D eigenvalue weighted by Gasteiger charge is -2.04. The molecule has 4 nitrogen and oxygen atoms in total. The van der Waals surface area contributed by atoms with Crippen molar-refractivity contribution in [2.24, 2.45) is 0 Å². The van der Waals surface area contributed by atoms with E-state index in [1.165, 1.54) is 6.42 Å². The number of esters is 1. The summed E-state index contributed by atoms with van der Waals surface area (Å²) in [7, 11) is 0. The van der Waals surface area contributed by atoms with Crippen molar-refractivity contribution in [3.63, 3.8) is 0 Å². The average Bonchev–Trinajstić information content (AvgIpc) is 2.39. The lowest BCUT2D eigenvalue weighted by molar-refractivity contribution is -0.139. The summed E-state index contributed by atoms with van der Waals surface area (Å²) in [5.74, 6) is -0.297. The fourth-order valence-electron chi connectivity index (χ4n) is 1.52. The molecule has 0 rings (SSSR count). The van der Waals surface area contributed by atoms with Gasteiger partial charge in [0.05, 0.1) is 25.7 Å². The molecule has 0 radical (unpaired) electrons. The number of carbonyl (C=O) groups is 1. The van der Waals surface area contributed by atoms with E-state index in [-0.39, 0.29) is 5.97 Å². The molecule has 0 fully saturated rings. The molecule has 0 aliphatic carbocycles. The van der Waals surface area contributed by atoms with Crippen molar-refractivity contribution >= 4 is 5.97 Å². The number of unbranched alkanes of at least 4 members (excludes halogenated alkanes) is 5. The number of nitrogens with zero attached hydrogens (tertiary/aromatic N) is 1. The van der Waals surface area contributed by atoms with Crippen LogP contribution in [0.5, 0.6) is 0 Å². The van der Waals surface area contributed by atoms with Crippen molar-refractivity contribution in [2.45, 2.75) is 51.9 Å². The maximum Gasteiger partial charge on any atom is 0.333 e. The van der Waals surface area contributed by atoms with Gasteiger partial charge in [0.1, 0.15) is 0 Å². The molecule has 0 aromatic carbocycles. The van der Waals surface area contributed by atoms with Crippen LogP contribution >= 0.6 is 0 Å². The van der Waals surface area contributed by atoms with E-state index in [2.05, 4.69) is 6.58 Å². The van der Waals surface area contributed by atoms with E-state index >= 15 is 0 Å². The van der Waals surface area contributed by atoms with Crippen LogP contribution in [0.15, 0.2) is 12.2 Å². The van der Waals surface area contributed by atoms with Gasteiger partial charge in [-0.15, -0.1) is 0 Å². The fourth-order valence-corrected chi connectivity index (χ4v) is 1.52. The van der Waals surface area contributed by atoms with Crippen molar-refractivity contribution in [3.05, 3.63) is 12.2 Å². The van der Waals surface area contributed by atoms with E-state index < -0.39 is 0 Å². The quantitative estimate of drug-likeness (QED) is 0.309.